The predicted molar refractivity (Wildman–Crippen MR) is 116 cm³/mol. The van der Waals surface area contributed by atoms with Crippen molar-refractivity contribution in [2.75, 3.05) is 18.5 Å². The van der Waals surface area contributed by atoms with Crippen molar-refractivity contribution < 1.29 is 19.2 Å². The van der Waals surface area contributed by atoms with Crippen LogP contribution in [0.15, 0.2) is 30.4 Å². The summed E-state index contributed by atoms with van der Waals surface area (Å²) in [6.45, 7) is 7.58. The van der Waals surface area contributed by atoms with E-state index in [0.29, 0.717) is 29.7 Å². The van der Waals surface area contributed by atoms with Gasteiger partial charge in [-0.2, -0.15) is 5.10 Å². The molecule has 3 heterocycles. The van der Waals surface area contributed by atoms with Gasteiger partial charge in [0.15, 0.2) is 5.82 Å². The van der Waals surface area contributed by atoms with Crippen LogP contribution in [0.25, 0.3) is 5.57 Å². The van der Waals surface area contributed by atoms with Crippen LogP contribution in [-0.2, 0) is 4.74 Å². The number of anilines is 2. The third-order valence-corrected chi connectivity index (χ3v) is 5.75. The van der Waals surface area contributed by atoms with Crippen molar-refractivity contribution in [2.45, 2.75) is 33.2 Å². The van der Waals surface area contributed by atoms with Gasteiger partial charge in [0.1, 0.15) is 11.3 Å². The summed E-state index contributed by atoms with van der Waals surface area (Å²) in [6, 6.07) is 5.61. The maximum absolute atomic E-state index is 12.0. The van der Waals surface area contributed by atoms with E-state index in [2.05, 4.69) is 31.2 Å². The van der Waals surface area contributed by atoms with E-state index in [1.165, 1.54) is 0 Å². The van der Waals surface area contributed by atoms with Gasteiger partial charge in [-0.25, -0.2) is 0 Å². The number of rotatable bonds is 5. The van der Waals surface area contributed by atoms with Crippen LogP contribution in [0.3, 0.4) is 0 Å². The molecule has 1 aromatic carbocycles. The van der Waals surface area contributed by atoms with Crippen molar-refractivity contribution in [3.05, 3.63) is 41.5 Å². The Balaban J connectivity index is 1.66. The number of amides is 1. The number of benzene rings is 1. The lowest BCUT2D eigenvalue weighted by molar-refractivity contribution is 0.0238. The monoisotopic (exact) mass is 410 g/mol. The maximum atomic E-state index is 12.0. The SMILES string of the molecule is CC(C)C1=CB(O)Oc2ccc(Nc3nn([C@@H]4COCC[C@H]4C)cc3C(N)=O)cc21. The fourth-order valence-electron chi connectivity index (χ4n) is 3.98. The highest BCUT2D eigenvalue weighted by Crippen LogP contribution is 2.37. The molecule has 1 fully saturated rings. The van der Waals surface area contributed by atoms with Gasteiger partial charge in [-0.05, 0) is 48.0 Å². The van der Waals surface area contributed by atoms with E-state index in [-0.39, 0.29) is 12.0 Å². The molecule has 2 atom stereocenters. The molecule has 8 nitrogen and oxygen atoms in total. The quantitative estimate of drug-likeness (QED) is 0.654. The second kappa shape index (κ2) is 8.16. The van der Waals surface area contributed by atoms with E-state index < -0.39 is 13.0 Å². The summed E-state index contributed by atoms with van der Waals surface area (Å²) in [5.74, 6) is 2.80. The largest absolute Gasteiger partial charge is 0.552 e. The Labute approximate surface area is 176 Å². The van der Waals surface area contributed by atoms with Gasteiger partial charge in [0, 0.05) is 24.1 Å². The van der Waals surface area contributed by atoms with Crippen LogP contribution in [0, 0.1) is 11.8 Å². The number of fused-ring (bicyclic) bond motifs is 1. The average molecular weight is 410 g/mol. The van der Waals surface area contributed by atoms with Crippen LogP contribution >= 0.6 is 0 Å². The Kier molecular flexibility index (Phi) is 5.57. The second-order valence-corrected chi connectivity index (χ2v) is 8.26. The van der Waals surface area contributed by atoms with E-state index in [1.807, 2.05) is 12.1 Å². The summed E-state index contributed by atoms with van der Waals surface area (Å²) in [5, 5.41) is 17.8. The third kappa shape index (κ3) is 3.95. The Morgan fingerprint density at radius 1 is 1.43 bits per heavy atom. The molecule has 2 aliphatic heterocycles. The Morgan fingerprint density at radius 2 is 2.23 bits per heavy atom. The smallest absolute Gasteiger partial charge is 0.532 e. The standard InChI is InChI=1S/C21H27BN4O4/c1-12(2)16-9-22(28)30-19-5-4-14(8-15(16)19)24-21-17(20(23)27)10-26(25-21)18-11-29-7-6-13(18)3/h4-5,8-10,12-13,18,28H,6-7,11H2,1-3H3,(H2,23,27)(H,24,25)/t13-,18-/m1/s1. The molecule has 4 N–H and O–H groups in total. The number of hydrogen-bond donors (Lipinski definition) is 3. The van der Waals surface area contributed by atoms with E-state index in [1.54, 1.807) is 22.9 Å². The van der Waals surface area contributed by atoms with Crippen LogP contribution in [0.1, 0.15) is 49.2 Å². The molecule has 0 saturated carbocycles. The van der Waals surface area contributed by atoms with Crippen LogP contribution in [0.5, 0.6) is 5.75 Å². The molecule has 0 aliphatic carbocycles. The Morgan fingerprint density at radius 3 is 2.93 bits per heavy atom. The number of nitrogens with one attached hydrogen (secondary N) is 1. The first-order chi connectivity index (χ1) is 14.3. The molecule has 9 heteroatoms. The summed E-state index contributed by atoms with van der Waals surface area (Å²) in [5.41, 5.74) is 8.59. The van der Waals surface area contributed by atoms with Crippen LogP contribution in [0.2, 0.25) is 0 Å². The fraction of sp³-hybridized carbons (Fsp3) is 0.429. The first-order valence-corrected chi connectivity index (χ1v) is 10.3. The van der Waals surface area contributed by atoms with E-state index in [0.717, 1.165) is 29.9 Å². The Bertz CT molecular complexity index is 987. The minimum absolute atomic E-state index is 0.0568. The number of aromatic nitrogens is 2. The van der Waals surface area contributed by atoms with Gasteiger partial charge in [-0.1, -0.05) is 20.8 Å². The molecule has 1 aromatic heterocycles. The molecular formula is C21H27BN4O4. The summed E-state index contributed by atoms with van der Waals surface area (Å²) in [7, 11) is -0.953. The van der Waals surface area contributed by atoms with E-state index in [9.17, 15) is 9.82 Å². The number of allylic oxidation sites excluding steroid dienone is 1. The zero-order valence-corrected chi connectivity index (χ0v) is 17.5. The Hall–Kier alpha value is -2.78. The van der Waals surface area contributed by atoms with Gasteiger partial charge in [0.05, 0.1) is 12.6 Å². The predicted octanol–water partition coefficient (Wildman–Crippen LogP) is 2.77. The van der Waals surface area contributed by atoms with Crippen LogP contribution in [-0.4, -0.2) is 41.0 Å². The number of nitrogens with zero attached hydrogens (tertiary/aromatic N) is 2. The number of carbonyl (C=O) groups excluding carboxylic acids is 1. The molecule has 1 amide bonds. The van der Waals surface area contributed by atoms with Crippen molar-refractivity contribution in [1.29, 1.82) is 0 Å². The first kappa shape index (κ1) is 20.5. The fourth-order valence-corrected chi connectivity index (χ4v) is 3.98. The number of nitrogens with two attached hydrogens (primary N) is 1. The van der Waals surface area contributed by atoms with Gasteiger partial charge >= 0.3 is 7.12 Å². The molecule has 2 aromatic rings. The van der Waals surface area contributed by atoms with E-state index >= 15 is 0 Å². The number of primary amides is 1. The zero-order chi connectivity index (χ0) is 21.4. The summed E-state index contributed by atoms with van der Waals surface area (Å²) >= 11 is 0. The minimum Gasteiger partial charge on any atom is -0.532 e. The highest BCUT2D eigenvalue weighted by atomic mass is 16.5. The van der Waals surface area contributed by atoms with Crippen molar-refractivity contribution >= 4 is 30.1 Å². The molecule has 4 rings (SSSR count). The number of carbonyl (C=O) groups is 1. The summed E-state index contributed by atoms with van der Waals surface area (Å²) < 4.78 is 12.9. The molecule has 0 spiro atoms. The average Bonchev–Trinajstić information content (AvgIpc) is 3.11. The van der Waals surface area contributed by atoms with Crippen molar-refractivity contribution in [2.24, 2.45) is 17.6 Å². The van der Waals surface area contributed by atoms with Gasteiger partial charge in [0.25, 0.3) is 5.91 Å². The number of ether oxygens (including phenoxy) is 1. The molecule has 1 saturated heterocycles. The topological polar surface area (TPSA) is 112 Å². The molecule has 0 unspecified atom stereocenters. The molecule has 30 heavy (non-hydrogen) atoms. The number of hydrogen-bond acceptors (Lipinski definition) is 6. The highest BCUT2D eigenvalue weighted by molar-refractivity contribution is 6.52. The van der Waals surface area contributed by atoms with E-state index in [4.69, 9.17) is 15.1 Å². The van der Waals surface area contributed by atoms with Gasteiger partial charge in [-0.3, -0.25) is 9.48 Å². The lowest BCUT2D eigenvalue weighted by atomic mass is 9.78. The lowest BCUT2D eigenvalue weighted by Gasteiger charge is -2.28. The normalized spacial score (nSPS) is 21.1. The maximum Gasteiger partial charge on any atom is 0.552 e. The van der Waals surface area contributed by atoms with Crippen molar-refractivity contribution in [3.8, 4) is 5.75 Å². The molecule has 0 bridgehead atoms. The molecule has 2 aliphatic rings. The highest BCUT2D eigenvalue weighted by Gasteiger charge is 2.28. The minimum atomic E-state index is -0.953. The first-order valence-electron chi connectivity index (χ1n) is 10.3. The van der Waals surface area contributed by atoms with Crippen molar-refractivity contribution in [1.82, 2.24) is 9.78 Å². The van der Waals surface area contributed by atoms with Crippen LogP contribution in [0.4, 0.5) is 11.5 Å². The molecule has 158 valence electrons. The molecule has 0 radical (unpaired) electrons. The summed E-state index contributed by atoms with van der Waals surface area (Å²) in [6.07, 6.45) is 2.64. The van der Waals surface area contributed by atoms with Gasteiger partial charge in [-0.15, -0.1) is 0 Å². The van der Waals surface area contributed by atoms with Gasteiger partial charge in [0.2, 0.25) is 0 Å². The molecular weight excluding hydrogens is 383 g/mol. The van der Waals surface area contributed by atoms with Gasteiger partial charge < -0.3 is 25.5 Å². The van der Waals surface area contributed by atoms with Crippen LogP contribution < -0.4 is 15.7 Å². The lowest BCUT2D eigenvalue weighted by Crippen LogP contribution is -2.28. The zero-order valence-electron chi connectivity index (χ0n) is 17.5. The summed E-state index contributed by atoms with van der Waals surface area (Å²) in [4.78, 5) is 12.0. The van der Waals surface area contributed by atoms with Crippen molar-refractivity contribution in [3.63, 3.8) is 0 Å². The third-order valence-electron chi connectivity index (χ3n) is 5.75. The second-order valence-electron chi connectivity index (χ2n) is 8.26.